The van der Waals surface area contributed by atoms with E-state index in [4.69, 9.17) is 10.00 Å². The maximum atomic E-state index is 11.7. The zero-order valence-electron chi connectivity index (χ0n) is 19.9. The zero-order chi connectivity index (χ0) is 25.0. The molecule has 0 unspecified atom stereocenters. The highest BCUT2D eigenvalue weighted by molar-refractivity contribution is 7.88. The van der Waals surface area contributed by atoms with Gasteiger partial charge in [0.05, 0.1) is 24.2 Å². The van der Waals surface area contributed by atoms with Crippen LogP contribution in [0.25, 0.3) is 0 Å². The monoisotopic (exact) mass is 493 g/mol. The van der Waals surface area contributed by atoms with Crippen molar-refractivity contribution in [2.24, 2.45) is 0 Å². The van der Waals surface area contributed by atoms with Gasteiger partial charge in [-0.05, 0) is 49.1 Å². The number of rotatable bonds is 6. The van der Waals surface area contributed by atoms with E-state index >= 15 is 0 Å². The second-order valence-corrected chi connectivity index (χ2v) is 10.4. The SMILES string of the molecule is CC1=C/C(=C\C#N)CC(C)=C1Oc1ccnc(Nc2ccc(N3CCN(S(C)(=O)=O)CC3)nc2)n1. The van der Waals surface area contributed by atoms with Gasteiger partial charge in [0.25, 0.3) is 0 Å². The maximum Gasteiger partial charge on any atom is 0.230 e. The Kier molecular flexibility index (Phi) is 7.14. The molecular formula is C24H27N7O3S. The number of piperazine rings is 1. The molecule has 1 aliphatic heterocycles. The standard InChI is InChI=1S/C24H27N7O3S/c1-17-14-19(6-8-25)15-18(2)23(17)34-22-7-9-26-24(29-22)28-20-4-5-21(27-16-20)30-10-12-31(13-11-30)35(3,32)33/h4-7,9,14,16H,10-13,15H2,1-3H3,(H,26,28,29)/b19-6+. The quantitative estimate of drug-likeness (QED) is 0.604. The smallest absolute Gasteiger partial charge is 0.230 e. The number of ether oxygens (including phenoxy) is 1. The first-order chi connectivity index (χ1) is 16.7. The van der Waals surface area contributed by atoms with Gasteiger partial charge in [0, 0.05) is 44.5 Å². The maximum absolute atomic E-state index is 11.7. The van der Waals surface area contributed by atoms with Gasteiger partial charge in [-0.2, -0.15) is 14.6 Å². The second kappa shape index (κ2) is 10.2. The summed E-state index contributed by atoms with van der Waals surface area (Å²) in [5.74, 6) is 2.31. The van der Waals surface area contributed by atoms with Crippen LogP contribution in [0.4, 0.5) is 17.5 Å². The van der Waals surface area contributed by atoms with Crippen LogP contribution in [0.15, 0.2) is 65.2 Å². The molecule has 0 bridgehead atoms. The predicted octanol–water partition coefficient (Wildman–Crippen LogP) is 3.15. The molecule has 3 heterocycles. The number of nitrogens with one attached hydrogen (secondary N) is 1. The van der Waals surface area contributed by atoms with Gasteiger partial charge in [-0.15, -0.1) is 0 Å². The third kappa shape index (κ3) is 6.03. The number of aromatic nitrogens is 3. The lowest BCUT2D eigenvalue weighted by Gasteiger charge is -2.33. The molecule has 0 amide bonds. The van der Waals surface area contributed by atoms with Crippen molar-refractivity contribution in [3.8, 4) is 11.9 Å². The summed E-state index contributed by atoms with van der Waals surface area (Å²) in [6.07, 6.45) is 8.69. The largest absolute Gasteiger partial charge is 0.439 e. The Morgan fingerprint density at radius 3 is 2.54 bits per heavy atom. The van der Waals surface area contributed by atoms with Crippen LogP contribution < -0.4 is 15.0 Å². The highest BCUT2D eigenvalue weighted by atomic mass is 32.2. The molecule has 182 valence electrons. The molecule has 35 heavy (non-hydrogen) atoms. The fraction of sp³-hybridized carbons (Fsp3) is 0.333. The van der Waals surface area contributed by atoms with Gasteiger partial charge in [0.2, 0.25) is 21.9 Å². The van der Waals surface area contributed by atoms with E-state index in [1.807, 2.05) is 32.1 Å². The first kappa shape index (κ1) is 24.4. The van der Waals surface area contributed by atoms with Crippen molar-refractivity contribution in [2.45, 2.75) is 20.3 Å². The average Bonchev–Trinajstić information content (AvgIpc) is 2.82. The molecular weight excluding hydrogens is 466 g/mol. The summed E-state index contributed by atoms with van der Waals surface area (Å²) >= 11 is 0. The fourth-order valence-corrected chi connectivity index (χ4v) is 4.88. The summed E-state index contributed by atoms with van der Waals surface area (Å²) in [4.78, 5) is 15.3. The number of pyridine rings is 1. The van der Waals surface area contributed by atoms with E-state index in [0.717, 1.165) is 34.0 Å². The van der Waals surface area contributed by atoms with Gasteiger partial charge >= 0.3 is 0 Å². The number of allylic oxidation sites excluding steroid dienone is 5. The molecule has 10 nitrogen and oxygen atoms in total. The first-order valence-electron chi connectivity index (χ1n) is 11.1. The Hall–Kier alpha value is -3.75. The van der Waals surface area contributed by atoms with Crippen LogP contribution in [0.5, 0.6) is 5.88 Å². The number of sulfonamides is 1. The van der Waals surface area contributed by atoms with Crippen LogP contribution >= 0.6 is 0 Å². The van der Waals surface area contributed by atoms with Crippen molar-refractivity contribution in [1.82, 2.24) is 19.3 Å². The number of hydrogen-bond acceptors (Lipinski definition) is 9. The minimum Gasteiger partial charge on any atom is -0.439 e. The number of anilines is 3. The number of hydrogen-bond donors (Lipinski definition) is 1. The summed E-state index contributed by atoms with van der Waals surface area (Å²) in [5.41, 5.74) is 3.63. The zero-order valence-corrected chi connectivity index (χ0v) is 20.7. The molecule has 0 aromatic carbocycles. The first-order valence-corrected chi connectivity index (χ1v) is 13.0. The number of nitriles is 1. The molecule has 2 aromatic heterocycles. The Balaban J connectivity index is 1.40. The Morgan fingerprint density at radius 2 is 1.91 bits per heavy atom. The lowest BCUT2D eigenvalue weighted by atomic mass is 9.95. The molecule has 0 spiro atoms. The van der Waals surface area contributed by atoms with Crippen LogP contribution in [0.1, 0.15) is 20.3 Å². The highest BCUT2D eigenvalue weighted by Crippen LogP contribution is 2.30. The molecule has 0 radical (unpaired) electrons. The van der Waals surface area contributed by atoms with Gasteiger partial charge in [-0.25, -0.2) is 18.4 Å². The van der Waals surface area contributed by atoms with Gasteiger partial charge in [0.1, 0.15) is 11.6 Å². The molecule has 1 saturated heterocycles. The molecule has 4 rings (SSSR count). The van der Waals surface area contributed by atoms with Gasteiger partial charge < -0.3 is 15.0 Å². The molecule has 1 N–H and O–H groups in total. The van der Waals surface area contributed by atoms with E-state index in [1.54, 1.807) is 24.5 Å². The fourth-order valence-electron chi connectivity index (χ4n) is 4.05. The van der Waals surface area contributed by atoms with Crippen molar-refractivity contribution in [3.63, 3.8) is 0 Å². The summed E-state index contributed by atoms with van der Waals surface area (Å²) in [7, 11) is -3.16. The topological polar surface area (TPSA) is 124 Å². The van der Waals surface area contributed by atoms with Crippen LogP contribution in [-0.4, -0.2) is 60.1 Å². The van der Waals surface area contributed by atoms with Gasteiger partial charge in [-0.3, -0.25) is 0 Å². The second-order valence-electron chi connectivity index (χ2n) is 8.46. The van der Waals surface area contributed by atoms with Crippen molar-refractivity contribution in [3.05, 3.63) is 65.2 Å². The summed E-state index contributed by atoms with van der Waals surface area (Å²) < 4.78 is 30.9. The molecule has 2 aliphatic rings. The van der Waals surface area contributed by atoms with Gasteiger partial charge in [-0.1, -0.05) is 6.08 Å². The minimum absolute atomic E-state index is 0.375. The molecule has 1 aliphatic carbocycles. The number of nitrogens with zero attached hydrogens (tertiary/aromatic N) is 6. The Morgan fingerprint density at radius 1 is 1.14 bits per heavy atom. The third-order valence-corrected chi connectivity index (χ3v) is 7.04. The Labute approximate surface area is 205 Å². The molecule has 11 heteroatoms. The van der Waals surface area contributed by atoms with Gasteiger partial charge in [0.15, 0.2) is 0 Å². The lowest BCUT2D eigenvalue weighted by Crippen LogP contribution is -2.48. The van der Waals surface area contributed by atoms with Crippen molar-refractivity contribution in [2.75, 3.05) is 42.7 Å². The van der Waals surface area contributed by atoms with Crippen molar-refractivity contribution >= 4 is 27.5 Å². The van der Waals surface area contributed by atoms with Crippen LogP contribution in [0, 0.1) is 11.3 Å². The molecule has 0 atom stereocenters. The van der Waals surface area contributed by atoms with E-state index in [0.29, 0.717) is 44.4 Å². The summed E-state index contributed by atoms with van der Waals surface area (Å²) in [6, 6.07) is 7.53. The van der Waals surface area contributed by atoms with E-state index in [9.17, 15) is 8.42 Å². The van der Waals surface area contributed by atoms with Crippen LogP contribution in [-0.2, 0) is 10.0 Å². The van der Waals surface area contributed by atoms with E-state index in [2.05, 4.69) is 31.2 Å². The summed E-state index contributed by atoms with van der Waals surface area (Å²) in [6.45, 7) is 5.99. The summed E-state index contributed by atoms with van der Waals surface area (Å²) in [5, 5.41) is 12.0. The van der Waals surface area contributed by atoms with Crippen LogP contribution in [0.3, 0.4) is 0 Å². The highest BCUT2D eigenvalue weighted by Gasteiger charge is 2.24. The Bertz CT molecular complexity index is 1330. The predicted molar refractivity (Wildman–Crippen MR) is 134 cm³/mol. The van der Waals surface area contributed by atoms with E-state index < -0.39 is 10.0 Å². The van der Waals surface area contributed by atoms with Crippen LogP contribution in [0.2, 0.25) is 0 Å². The molecule has 0 saturated carbocycles. The molecule has 2 aromatic rings. The lowest BCUT2D eigenvalue weighted by molar-refractivity contribution is 0.387. The third-order valence-electron chi connectivity index (χ3n) is 5.74. The normalized spacial score (nSPS) is 18.3. The van der Waals surface area contributed by atoms with Crippen molar-refractivity contribution < 1.29 is 13.2 Å². The average molecular weight is 494 g/mol. The molecule has 1 fully saturated rings. The van der Waals surface area contributed by atoms with Crippen molar-refractivity contribution in [1.29, 1.82) is 5.26 Å². The minimum atomic E-state index is -3.16. The van der Waals surface area contributed by atoms with E-state index in [1.165, 1.54) is 10.6 Å². The van der Waals surface area contributed by atoms with E-state index in [-0.39, 0.29) is 0 Å².